The Bertz CT molecular complexity index is 314. The van der Waals surface area contributed by atoms with Crippen LogP contribution in [0.5, 0.6) is 0 Å². The number of Topliss-reactive ketones (excluding diaryl/α,β-unsaturated/α-hetero) is 1. The smallest absolute Gasteiger partial charge is 0.232 e. The van der Waals surface area contributed by atoms with E-state index < -0.39 is 0 Å². The minimum atomic E-state index is -0.204. The summed E-state index contributed by atoms with van der Waals surface area (Å²) in [6.45, 7) is 4.52. The van der Waals surface area contributed by atoms with Crippen LogP contribution < -0.4 is 0 Å². The number of amides is 2. The minimum absolute atomic E-state index is 0.122. The quantitative estimate of drug-likeness (QED) is 0.488. The lowest BCUT2D eigenvalue weighted by Crippen LogP contribution is -2.33. The summed E-state index contributed by atoms with van der Waals surface area (Å²) in [5.41, 5.74) is 0. The van der Waals surface area contributed by atoms with E-state index in [4.69, 9.17) is 4.74 Å². The molecule has 1 fully saturated rings. The van der Waals surface area contributed by atoms with E-state index in [1.54, 1.807) is 6.92 Å². The summed E-state index contributed by atoms with van der Waals surface area (Å²) in [4.78, 5) is 35.2. The van der Waals surface area contributed by atoms with Crippen LogP contribution in [0.1, 0.15) is 33.1 Å². The van der Waals surface area contributed by atoms with Gasteiger partial charge in [-0.2, -0.15) is 0 Å². The van der Waals surface area contributed by atoms with Gasteiger partial charge in [0.15, 0.2) is 0 Å². The molecule has 1 unspecified atom stereocenters. The number of imide groups is 1. The van der Waals surface area contributed by atoms with E-state index in [0.29, 0.717) is 39.0 Å². The summed E-state index contributed by atoms with van der Waals surface area (Å²) in [5, 5.41) is 0. The number of carbonyl (C=O) groups excluding carboxylic acids is 3. The van der Waals surface area contributed by atoms with Crippen molar-refractivity contribution < 1.29 is 19.1 Å². The topological polar surface area (TPSA) is 63.7 Å². The number of hydrogen-bond donors (Lipinski definition) is 0. The van der Waals surface area contributed by atoms with E-state index in [9.17, 15) is 14.4 Å². The molecular weight excluding hydrogens is 222 g/mol. The second-order valence-electron chi connectivity index (χ2n) is 4.24. The Morgan fingerprint density at radius 1 is 1.41 bits per heavy atom. The van der Waals surface area contributed by atoms with E-state index in [1.165, 1.54) is 4.90 Å². The van der Waals surface area contributed by atoms with Gasteiger partial charge < -0.3 is 4.74 Å². The molecule has 2 amide bonds. The zero-order valence-electron chi connectivity index (χ0n) is 10.4. The number of ether oxygens (including phenoxy) is 1. The van der Waals surface area contributed by atoms with Crippen LogP contribution in [-0.2, 0) is 19.1 Å². The van der Waals surface area contributed by atoms with Crippen molar-refractivity contribution in [3.05, 3.63) is 0 Å². The molecule has 5 nitrogen and oxygen atoms in total. The fourth-order valence-electron chi connectivity index (χ4n) is 1.70. The zero-order valence-corrected chi connectivity index (χ0v) is 10.4. The number of ketones is 1. The second-order valence-corrected chi connectivity index (χ2v) is 4.24. The first-order valence-corrected chi connectivity index (χ1v) is 6.00. The first-order chi connectivity index (χ1) is 8.06. The number of nitrogens with zero attached hydrogens (tertiary/aromatic N) is 1. The van der Waals surface area contributed by atoms with Crippen molar-refractivity contribution in [3.8, 4) is 0 Å². The summed E-state index contributed by atoms with van der Waals surface area (Å²) >= 11 is 0. The fourth-order valence-corrected chi connectivity index (χ4v) is 1.70. The lowest BCUT2D eigenvalue weighted by molar-refractivity contribution is -0.140. The molecule has 1 aliphatic rings. The van der Waals surface area contributed by atoms with Crippen LogP contribution in [0, 0.1) is 5.92 Å². The summed E-state index contributed by atoms with van der Waals surface area (Å²) in [6.07, 6.45) is 1.21. The van der Waals surface area contributed by atoms with Gasteiger partial charge in [0.25, 0.3) is 0 Å². The third-order valence-corrected chi connectivity index (χ3v) is 2.85. The predicted molar refractivity (Wildman–Crippen MR) is 61.2 cm³/mol. The van der Waals surface area contributed by atoms with Crippen LogP contribution in [0.4, 0.5) is 0 Å². The second kappa shape index (κ2) is 6.49. The van der Waals surface area contributed by atoms with Crippen molar-refractivity contribution >= 4 is 17.6 Å². The molecule has 0 radical (unpaired) electrons. The van der Waals surface area contributed by atoms with E-state index in [-0.39, 0.29) is 23.5 Å². The molecule has 0 spiro atoms. The maximum atomic E-state index is 11.5. The van der Waals surface area contributed by atoms with Gasteiger partial charge in [0.1, 0.15) is 5.78 Å². The van der Waals surface area contributed by atoms with Crippen molar-refractivity contribution in [1.82, 2.24) is 4.90 Å². The van der Waals surface area contributed by atoms with Crippen molar-refractivity contribution in [3.63, 3.8) is 0 Å². The number of hydrogen-bond acceptors (Lipinski definition) is 4. The van der Waals surface area contributed by atoms with Crippen LogP contribution in [-0.4, -0.2) is 42.3 Å². The number of carbonyl (C=O) groups is 3. The van der Waals surface area contributed by atoms with Gasteiger partial charge in [-0.3, -0.25) is 19.3 Å². The normalized spacial score (nSPS) is 20.1. The first kappa shape index (κ1) is 13.8. The summed E-state index contributed by atoms with van der Waals surface area (Å²) in [7, 11) is 0. The fraction of sp³-hybridized carbons (Fsp3) is 0.750. The van der Waals surface area contributed by atoms with E-state index in [2.05, 4.69) is 0 Å². The predicted octanol–water partition coefficient (Wildman–Crippen LogP) is 0.767. The molecule has 96 valence electrons. The molecule has 5 heteroatoms. The van der Waals surface area contributed by atoms with Crippen LogP contribution in [0.25, 0.3) is 0 Å². The highest BCUT2D eigenvalue weighted by Gasteiger charge is 2.34. The summed E-state index contributed by atoms with van der Waals surface area (Å²) in [6, 6.07) is 0. The molecule has 1 aliphatic heterocycles. The van der Waals surface area contributed by atoms with Gasteiger partial charge in [-0.05, 0) is 0 Å². The maximum absolute atomic E-state index is 11.5. The molecule has 0 aliphatic carbocycles. The Morgan fingerprint density at radius 3 is 2.65 bits per heavy atom. The highest BCUT2D eigenvalue weighted by Crippen LogP contribution is 2.17. The Balaban J connectivity index is 2.17. The lowest BCUT2D eigenvalue weighted by Gasteiger charge is -2.14. The van der Waals surface area contributed by atoms with Crippen LogP contribution in [0.2, 0.25) is 0 Å². The van der Waals surface area contributed by atoms with Crippen molar-refractivity contribution in [2.24, 2.45) is 5.92 Å². The van der Waals surface area contributed by atoms with Crippen molar-refractivity contribution in [2.45, 2.75) is 33.1 Å². The van der Waals surface area contributed by atoms with Gasteiger partial charge in [-0.1, -0.05) is 13.8 Å². The van der Waals surface area contributed by atoms with Gasteiger partial charge in [-0.15, -0.1) is 0 Å². The van der Waals surface area contributed by atoms with Gasteiger partial charge in [-0.25, -0.2) is 0 Å². The van der Waals surface area contributed by atoms with Crippen molar-refractivity contribution in [1.29, 1.82) is 0 Å². The molecule has 0 bridgehead atoms. The molecule has 1 saturated heterocycles. The van der Waals surface area contributed by atoms with Gasteiger partial charge in [0.05, 0.1) is 19.8 Å². The Morgan fingerprint density at radius 2 is 2.12 bits per heavy atom. The monoisotopic (exact) mass is 241 g/mol. The highest BCUT2D eigenvalue weighted by molar-refractivity contribution is 6.03. The van der Waals surface area contributed by atoms with Crippen LogP contribution in [0.15, 0.2) is 0 Å². The molecule has 0 saturated carbocycles. The molecule has 1 heterocycles. The largest absolute Gasteiger partial charge is 0.379 e. The Hall–Kier alpha value is -1.23. The molecule has 0 aromatic carbocycles. The number of rotatable bonds is 7. The van der Waals surface area contributed by atoms with Gasteiger partial charge >= 0.3 is 0 Å². The number of likely N-dealkylation sites (tertiary alicyclic amines) is 1. The van der Waals surface area contributed by atoms with Crippen LogP contribution >= 0.6 is 0 Å². The third kappa shape index (κ3) is 3.93. The minimum Gasteiger partial charge on any atom is -0.379 e. The van der Waals surface area contributed by atoms with Gasteiger partial charge in [0, 0.05) is 25.2 Å². The molecule has 1 rings (SSSR count). The van der Waals surface area contributed by atoms with E-state index >= 15 is 0 Å². The van der Waals surface area contributed by atoms with Gasteiger partial charge in [0.2, 0.25) is 11.8 Å². The average molecular weight is 241 g/mol. The Labute approximate surface area is 101 Å². The zero-order chi connectivity index (χ0) is 12.8. The molecule has 0 N–H and O–H groups in total. The third-order valence-electron chi connectivity index (χ3n) is 2.85. The lowest BCUT2D eigenvalue weighted by atomic mass is 10.1. The summed E-state index contributed by atoms with van der Waals surface area (Å²) < 4.78 is 5.23. The van der Waals surface area contributed by atoms with E-state index in [1.807, 2.05) is 6.92 Å². The SMILES string of the molecule is CCC(=O)CCOCCN1C(=O)CC(C)C1=O. The van der Waals surface area contributed by atoms with Crippen LogP contribution in [0.3, 0.4) is 0 Å². The average Bonchev–Trinajstić information content (AvgIpc) is 2.54. The standard InChI is InChI=1S/C12H19NO4/c1-3-10(14)4-6-17-7-5-13-11(15)8-9(2)12(13)16/h9H,3-8H2,1-2H3. The first-order valence-electron chi connectivity index (χ1n) is 6.00. The molecule has 0 aromatic heterocycles. The maximum Gasteiger partial charge on any atom is 0.232 e. The highest BCUT2D eigenvalue weighted by atomic mass is 16.5. The molecule has 17 heavy (non-hydrogen) atoms. The van der Waals surface area contributed by atoms with Crippen molar-refractivity contribution in [2.75, 3.05) is 19.8 Å². The Kier molecular flexibility index (Phi) is 5.28. The molecule has 0 aromatic rings. The summed E-state index contributed by atoms with van der Waals surface area (Å²) in [5.74, 6) is -0.296. The molecular formula is C12H19NO4. The van der Waals surface area contributed by atoms with E-state index in [0.717, 1.165) is 0 Å². The molecule has 1 atom stereocenters.